The van der Waals surface area contributed by atoms with Crippen molar-refractivity contribution in [1.29, 1.82) is 0 Å². The number of hydrogen-bond acceptors (Lipinski definition) is 6. The Labute approximate surface area is 184 Å². The molecule has 0 saturated carbocycles. The van der Waals surface area contributed by atoms with E-state index in [-0.39, 0.29) is 24.1 Å². The SMILES string of the molecule is Cc1cc(C)c(NC(=O)C(C)OC(=O)CCn2cnc3c2c(=O)n(C)c(=O)n3C)c(C)c1. The van der Waals surface area contributed by atoms with Crippen LogP contribution in [0.4, 0.5) is 5.69 Å². The van der Waals surface area contributed by atoms with Gasteiger partial charge < -0.3 is 14.6 Å². The minimum Gasteiger partial charge on any atom is -0.452 e. The van der Waals surface area contributed by atoms with Crippen molar-refractivity contribution in [3.8, 4) is 0 Å². The van der Waals surface area contributed by atoms with Gasteiger partial charge in [-0.1, -0.05) is 17.7 Å². The summed E-state index contributed by atoms with van der Waals surface area (Å²) in [4.78, 5) is 53.4. The number of nitrogens with one attached hydrogen (secondary N) is 1. The van der Waals surface area contributed by atoms with E-state index in [1.165, 1.54) is 36.5 Å². The van der Waals surface area contributed by atoms with Crippen LogP contribution >= 0.6 is 0 Å². The summed E-state index contributed by atoms with van der Waals surface area (Å²) in [6.45, 7) is 7.41. The lowest BCUT2D eigenvalue weighted by atomic mass is 10.0. The maximum atomic E-state index is 12.5. The Morgan fingerprint density at radius 1 is 1.09 bits per heavy atom. The van der Waals surface area contributed by atoms with E-state index in [4.69, 9.17) is 4.74 Å². The van der Waals surface area contributed by atoms with Gasteiger partial charge in [-0.25, -0.2) is 9.78 Å². The van der Waals surface area contributed by atoms with Gasteiger partial charge in [-0.05, 0) is 38.8 Å². The summed E-state index contributed by atoms with van der Waals surface area (Å²) >= 11 is 0. The number of fused-ring (bicyclic) bond motifs is 1. The number of aromatic nitrogens is 4. The van der Waals surface area contributed by atoms with Crippen molar-refractivity contribution in [1.82, 2.24) is 18.7 Å². The fraction of sp³-hybridized carbons (Fsp3) is 0.409. The minimum absolute atomic E-state index is 0.0718. The summed E-state index contributed by atoms with van der Waals surface area (Å²) in [6, 6.07) is 3.93. The van der Waals surface area contributed by atoms with Crippen molar-refractivity contribution in [2.24, 2.45) is 14.1 Å². The van der Waals surface area contributed by atoms with E-state index in [9.17, 15) is 19.2 Å². The fourth-order valence-corrected chi connectivity index (χ4v) is 3.69. The first-order valence-electron chi connectivity index (χ1n) is 10.2. The van der Waals surface area contributed by atoms with E-state index in [1.54, 1.807) is 0 Å². The predicted molar refractivity (Wildman–Crippen MR) is 120 cm³/mol. The molecule has 1 atom stereocenters. The average molecular weight is 441 g/mol. The molecule has 1 N–H and O–H groups in total. The molecule has 10 nitrogen and oxygen atoms in total. The standard InChI is InChI=1S/C22H27N5O5/c1-12-9-13(2)17(14(3)10-12)24-20(29)15(4)32-16(28)7-8-27-11-23-19-18(27)21(30)26(6)22(31)25(19)5/h9-11,15H,7-8H2,1-6H3,(H,24,29). The van der Waals surface area contributed by atoms with Gasteiger partial charge in [0.2, 0.25) is 0 Å². The van der Waals surface area contributed by atoms with Gasteiger partial charge in [0, 0.05) is 26.3 Å². The van der Waals surface area contributed by atoms with Crippen LogP contribution in [0.15, 0.2) is 28.0 Å². The first-order chi connectivity index (χ1) is 15.0. The second kappa shape index (κ2) is 8.81. The molecule has 10 heteroatoms. The summed E-state index contributed by atoms with van der Waals surface area (Å²) < 4.78 is 9.03. The Morgan fingerprint density at radius 3 is 2.34 bits per heavy atom. The van der Waals surface area contributed by atoms with E-state index >= 15 is 0 Å². The zero-order valence-corrected chi connectivity index (χ0v) is 19.1. The van der Waals surface area contributed by atoms with Crippen molar-refractivity contribution < 1.29 is 14.3 Å². The van der Waals surface area contributed by atoms with Crippen molar-refractivity contribution >= 4 is 28.7 Å². The van der Waals surface area contributed by atoms with E-state index in [2.05, 4.69) is 10.3 Å². The lowest BCUT2D eigenvalue weighted by molar-refractivity contribution is -0.153. The van der Waals surface area contributed by atoms with Crippen molar-refractivity contribution in [2.45, 2.75) is 46.8 Å². The maximum absolute atomic E-state index is 12.5. The van der Waals surface area contributed by atoms with Gasteiger partial charge in [0.1, 0.15) is 0 Å². The number of esters is 1. The molecule has 0 aliphatic heterocycles. The number of carbonyl (C=O) groups excluding carboxylic acids is 2. The molecule has 0 aliphatic carbocycles. The molecule has 0 bridgehead atoms. The summed E-state index contributed by atoms with van der Waals surface area (Å²) in [6.07, 6.45) is 0.339. The number of aryl methyl sites for hydroxylation is 5. The fourth-order valence-electron chi connectivity index (χ4n) is 3.69. The molecule has 1 aromatic carbocycles. The zero-order chi connectivity index (χ0) is 23.7. The van der Waals surface area contributed by atoms with E-state index in [0.717, 1.165) is 21.3 Å². The van der Waals surface area contributed by atoms with Gasteiger partial charge in [0.05, 0.1) is 12.7 Å². The predicted octanol–water partition coefficient (Wildman–Crippen LogP) is 1.32. The number of hydrogen-bond donors (Lipinski definition) is 1. The van der Waals surface area contributed by atoms with Crippen LogP contribution < -0.4 is 16.6 Å². The largest absolute Gasteiger partial charge is 0.452 e. The third-order valence-corrected chi connectivity index (χ3v) is 5.38. The number of imidazole rings is 1. The topological polar surface area (TPSA) is 117 Å². The number of anilines is 1. The smallest absolute Gasteiger partial charge is 0.332 e. The Balaban J connectivity index is 1.66. The minimum atomic E-state index is -0.990. The Hall–Kier alpha value is -3.69. The van der Waals surface area contributed by atoms with Gasteiger partial charge in [0.15, 0.2) is 17.3 Å². The molecule has 0 spiro atoms. The van der Waals surface area contributed by atoms with Crippen LogP contribution in [0, 0.1) is 20.8 Å². The van der Waals surface area contributed by atoms with Gasteiger partial charge in [-0.3, -0.25) is 23.5 Å². The van der Waals surface area contributed by atoms with Crippen LogP contribution in [0.3, 0.4) is 0 Å². The molecule has 3 rings (SSSR count). The quantitative estimate of drug-likeness (QED) is 0.577. The molecule has 2 heterocycles. The van der Waals surface area contributed by atoms with Crippen LogP contribution in [-0.2, 0) is 35.0 Å². The highest BCUT2D eigenvalue weighted by Crippen LogP contribution is 2.22. The molecule has 0 radical (unpaired) electrons. The third-order valence-electron chi connectivity index (χ3n) is 5.38. The first kappa shape index (κ1) is 23.0. The molecule has 170 valence electrons. The molecule has 0 saturated heterocycles. The van der Waals surface area contributed by atoms with E-state index < -0.39 is 29.2 Å². The molecule has 1 unspecified atom stereocenters. The van der Waals surface area contributed by atoms with Crippen LogP contribution in [0.25, 0.3) is 11.2 Å². The van der Waals surface area contributed by atoms with Crippen molar-refractivity contribution in [3.63, 3.8) is 0 Å². The van der Waals surface area contributed by atoms with Gasteiger partial charge in [-0.2, -0.15) is 0 Å². The van der Waals surface area contributed by atoms with E-state index in [0.29, 0.717) is 5.69 Å². The Morgan fingerprint density at radius 2 is 1.72 bits per heavy atom. The highest BCUT2D eigenvalue weighted by Gasteiger charge is 2.20. The van der Waals surface area contributed by atoms with Crippen molar-refractivity contribution in [2.75, 3.05) is 5.32 Å². The Bertz CT molecular complexity index is 1310. The second-order valence-electron chi connectivity index (χ2n) is 7.96. The summed E-state index contributed by atoms with van der Waals surface area (Å²) in [5.74, 6) is -1.01. The van der Waals surface area contributed by atoms with Gasteiger partial charge in [-0.15, -0.1) is 0 Å². The van der Waals surface area contributed by atoms with E-state index in [1.807, 2.05) is 32.9 Å². The molecule has 1 amide bonds. The number of ether oxygens (including phenoxy) is 1. The van der Waals surface area contributed by atoms with Crippen molar-refractivity contribution in [3.05, 3.63) is 56.0 Å². The van der Waals surface area contributed by atoms with Gasteiger partial charge >= 0.3 is 11.7 Å². The summed E-state index contributed by atoms with van der Waals surface area (Å²) in [5.41, 5.74) is 3.14. The zero-order valence-electron chi connectivity index (χ0n) is 19.1. The highest BCUT2D eigenvalue weighted by molar-refractivity contribution is 5.96. The lowest BCUT2D eigenvalue weighted by Crippen LogP contribution is -2.37. The first-order valence-corrected chi connectivity index (χ1v) is 10.2. The molecular weight excluding hydrogens is 414 g/mol. The summed E-state index contributed by atoms with van der Waals surface area (Å²) in [5, 5.41) is 2.82. The number of carbonyl (C=O) groups is 2. The normalized spacial score (nSPS) is 12.1. The van der Waals surface area contributed by atoms with Crippen LogP contribution in [0.5, 0.6) is 0 Å². The third kappa shape index (κ3) is 4.34. The number of rotatable bonds is 6. The number of nitrogens with zero attached hydrogens (tertiary/aromatic N) is 4. The molecule has 2 aromatic heterocycles. The van der Waals surface area contributed by atoms with Crippen LogP contribution in [-0.4, -0.2) is 36.7 Å². The average Bonchev–Trinajstić information content (AvgIpc) is 3.15. The van der Waals surface area contributed by atoms with Crippen LogP contribution in [0.2, 0.25) is 0 Å². The lowest BCUT2D eigenvalue weighted by Gasteiger charge is -2.17. The second-order valence-corrected chi connectivity index (χ2v) is 7.96. The number of amides is 1. The molecule has 32 heavy (non-hydrogen) atoms. The Kier molecular flexibility index (Phi) is 6.33. The molecule has 3 aromatic rings. The van der Waals surface area contributed by atoms with Crippen LogP contribution in [0.1, 0.15) is 30.0 Å². The monoisotopic (exact) mass is 441 g/mol. The van der Waals surface area contributed by atoms with Gasteiger partial charge in [0.25, 0.3) is 11.5 Å². The molecule has 0 fully saturated rings. The summed E-state index contributed by atoms with van der Waals surface area (Å²) in [7, 11) is 2.90. The molecular formula is C22H27N5O5. The number of benzene rings is 1. The maximum Gasteiger partial charge on any atom is 0.332 e. The molecule has 0 aliphatic rings. The highest BCUT2D eigenvalue weighted by atomic mass is 16.5.